The highest BCUT2D eigenvalue weighted by molar-refractivity contribution is 14.1. The minimum Gasteiger partial charge on any atom is -0.497 e. The molecule has 0 heterocycles. The van der Waals surface area contributed by atoms with E-state index in [0.717, 1.165) is 16.1 Å². The molecule has 0 saturated heterocycles. The highest BCUT2D eigenvalue weighted by Gasteiger charge is 2.23. The van der Waals surface area contributed by atoms with Crippen molar-refractivity contribution in [3.05, 3.63) is 57.2 Å². The van der Waals surface area contributed by atoms with Crippen molar-refractivity contribution in [2.75, 3.05) is 17.7 Å². The predicted octanol–water partition coefficient (Wildman–Crippen LogP) is 2.96. The number of benzene rings is 2. The number of rotatable bonds is 6. The normalized spacial score (nSPS) is 11.1. The average molecular weight is 461 g/mol. The first-order valence-electron chi connectivity index (χ1n) is 6.86. The molecule has 2 aromatic carbocycles. The molecule has 0 spiro atoms. The van der Waals surface area contributed by atoms with Gasteiger partial charge in [0.15, 0.2) is 0 Å². The number of methoxy groups -OCH3 is 1. The third kappa shape index (κ3) is 4.38. The van der Waals surface area contributed by atoms with E-state index in [-0.39, 0.29) is 17.8 Å². The van der Waals surface area contributed by atoms with Crippen LogP contribution in [0.5, 0.6) is 5.75 Å². The summed E-state index contributed by atoms with van der Waals surface area (Å²) in [7, 11) is -2.12. The molecule has 0 radical (unpaired) electrons. The van der Waals surface area contributed by atoms with E-state index in [9.17, 15) is 18.3 Å². The van der Waals surface area contributed by atoms with Crippen LogP contribution in [-0.2, 0) is 16.6 Å². The van der Waals surface area contributed by atoms with E-state index in [1.54, 1.807) is 37.4 Å². The minimum absolute atomic E-state index is 0.0314. The number of hydrogen-bond acceptors (Lipinski definition) is 4. The summed E-state index contributed by atoms with van der Waals surface area (Å²) in [4.78, 5) is 11.5. The molecule has 24 heavy (non-hydrogen) atoms. The molecule has 1 N–H and O–H groups in total. The van der Waals surface area contributed by atoms with Gasteiger partial charge < -0.3 is 9.84 Å². The zero-order valence-corrected chi connectivity index (χ0v) is 16.0. The molecule has 2 rings (SSSR count). The Balaban J connectivity index is 2.48. The molecule has 0 saturated carbocycles. The summed E-state index contributed by atoms with van der Waals surface area (Å²) in [5.41, 5.74) is 0.804. The standard InChI is InChI=1S/C16H16INO5S/c1-23-13-6-3-11(4-7-13)10-18(24(2,21)22)15-8-5-12(17)9-14(15)16(19)20/h3-9H,10H2,1-2H3,(H,19,20). The van der Waals surface area contributed by atoms with Gasteiger partial charge in [0.1, 0.15) is 5.75 Å². The van der Waals surface area contributed by atoms with Crippen molar-refractivity contribution in [3.8, 4) is 5.75 Å². The van der Waals surface area contributed by atoms with E-state index in [1.165, 1.54) is 12.1 Å². The number of halogens is 1. The molecule has 0 atom stereocenters. The van der Waals surface area contributed by atoms with Gasteiger partial charge in [0.25, 0.3) is 0 Å². The zero-order valence-electron chi connectivity index (χ0n) is 13.1. The number of carboxylic acid groups (broad SMARTS) is 1. The monoisotopic (exact) mass is 461 g/mol. The van der Waals surface area contributed by atoms with Crippen LogP contribution in [0.25, 0.3) is 0 Å². The Hall–Kier alpha value is -1.81. The number of carbonyl (C=O) groups is 1. The van der Waals surface area contributed by atoms with E-state index >= 15 is 0 Å². The predicted molar refractivity (Wildman–Crippen MR) is 100 cm³/mol. The molecule has 0 fully saturated rings. The third-order valence-corrected chi connectivity index (χ3v) is 5.14. The molecule has 0 aliphatic heterocycles. The number of aromatic carboxylic acids is 1. The number of nitrogens with zero attached hydrogens (tertiary/aromatic N) is 1. The molecule has 0 bridgehead atoms. The average Bonchev–Trinajstić information content (AvgIpc) is 2.52. The molecule has 0 aliphatic rings. The summed E-state index contributed by atoms with van der Waals surface area (Å²) in [5.74, 6) is -0.517. The van der Waals surface area contributed by atoms with Gasteiger partial charge in [0.2, 0.25) is 10.0 Å². The number of anilines is 1. The Kier molecular flexibility index (Phi) is 5.70. The van der Waals surface area contributed by atoms with Crippen molar-refractivity contribution < 1.29 is 23.1 Å². The number of ether oxygens (including phenoxy) is 1. The van der Waals surface area contributed by atoms with Gasteiger partial charge in [0, 0.05) is 3.57 Å². The topological polar surface area (TPSA) is 83.9 Å². The zero-order chi connectivity index (χ0) is 17.9. The quantitative estimate of drug-likeness (QED) is 0.669. The Morgan fingerprint density at radius 3 is 2.33 bits per heavy atom. The molecule has 8 heteroatoms. The van der Waals surface area contributed by atoms with Gasteiger partial charge in [-0.25, -0.2) is 13.2 Å². The largest absolute Gasteiger partial charge is 0.497 e. The summed E-state index contributed by atoms with van der Waals surface area (Å²) >= 11 is 1.99. The van der Waals surface area contributed by atoms with Gasteiger partial charge in [-0.2, -0.15) is 0 Å². The van der Waals surface area contributed by atoms with Crippen LogP contribution in [-0.4, -0.2) is 32.9 Å². The van der Waals surface area contributed by atoms with Crippen molar-refractivity contribution in [1.29, 1.82) is 0 Å². The van der Waals surface area contributed by atoms with Crippen LogP contribution in [0.3, 0.4) is 0 Å². The molecule has 0 aliphatic carbocycles. The van der Waals surface area contributed by atoms with Gasteiger partial charge in [-0.15, -0.1) is 0 Å². The van der Waals surface area contributed by atoms with Crippen molar-refractivity contribution in [2.45, 2.75) is 6.54 Å². The molecule has 0 amide bonds. The molecule has 0 aromatic heterocycles. The molecule has 6 nitrogen and oxygen atoms in total. The minimum atomic E-state index is -3.66. The van der Waals surface area contributed by atoms with Crippen LogP contribution in [0, 0.1) is 3.57 Å². The Morgan fingerprint density at radius 2 is 1.83 bits per heavy atom. The summed E-state index contributed by atoms with van der Waals surface area (Å²) in [5, 5.41) is 9.40. The van der Waals surface area contributed by atoms with Gasteiger partial charge in [-0.1, -0.05) is 12.1 Å². The van der Waals surface area contributed by atoms with E-state index < -0.39 is 16.0 Å². The number of hydrogen-bond donors (Lipinski definition) is 1. The second-order valence-corrected chi connectivity index (χ2v) is 8.24. The molecule has 2 aromatic rings. The van der Waals surface area contributed by atoms with E-state index in [2.05, 4.69) is 0 Å². The summed E-state index contributed by atoms with van der Waals surface area (Å²) in [6.45, 7) is 0.0314. The third-order valence-electron chi connectivity index (χ3n) is 3.34. The van der Waals surface area contributed by atoms with Crippen molar-refractivity contribution in [3.63, 3.8) is 0 Å². The molecular formula is C16H16INO5S. The van der Waals surface area contributed by atoms with Crippen LogP contribution in [0.2, 0.25) is 0 Å². The maximum Gasteiger partial charge on any atom is 0.337 e. The van der Waals surface area contributed by atoms with Gasteiger partial charge >= 0.3 is 5.97 Å². The lowest BCUT2D eigenvalue weighted by molar-refractivity contribution is 0.0697. The highest BCUT2D eigenvalue weighted by atomic mass is 127. The van der Waals surface area contributed by atoms with Gasteiger partial charge in [0.05, 0.1) is 31.2 Å². The van der Waals surface area contributed by atoms with Crippen molar-refractivity contribution in [1.82, 2.24) is 0 Å². The van der Waals surface area contributed by atoms with E-state index in [0.29, 0.717) is 9.32 Å². The number of sulfonamides is 1. The fourth-order valence-electron chi connectivity index (χ4n) is 2.17. The molecular weight excluding hydrogens is 445 g/mol. The lowest BCUT2D eigenvalue weighted by Crippen LogP contribution is -2.30. The first-order chi connectivity index (χ1) is 11.2. The smallest absolute Gasteiger partial charge is 0.337 e. The van der Waals surface area contributed by atoms with Crippen LogP contribution in [0.15, 0.2) is 42.5 Å². The highest BCUT2D eigenvalue weighted by Crippen LogP contribution is 2.27. The fourth-order valence-corrected chi connectivity index (χ4v) is 3.57. The Labute approximate surface area is 154 Å². The van der Waals surface area contributed by atoms with Crippen molar-refractivity contribution in [2.24, 2.45) is 0 Å². The first-order valence-corrected chi connectivity index (χ1v) is 9.78. The second-order valence-electron chi connectivity index (χ2n) is 5.08. The first kappa shape index (κ1) is 18.5. The van der Waals surface area contributed by atoms with Gasteiger partial charge in [-0.3, -0.25) is 4.31 Å². The van der Waals surface area contributed by atoms with Crippen LogP contribution >= 0.6 is 22.6 Å². The Morgan fingerprint density at radius 1 is 1.21 bits per heavy atom. The second kappa shape index (κ2) is 7.39. The SMILES string of the molecule is COc1ccc(CN(c2ccc(I)cc2C(=O)O)S(C)(=O)=O)cc1. The Bertz CT molecular complexity index is 849. The maximum atomic E-state index is 12.2. The maximum absolute atomic E-state index is 12.2. The van der Waals surface area contributed by atoms with Crippen LogP contribution in [0.1, 0.15) is 15.9 Å². The lowest BCUT2D eigenvalue weighted by atomic mass is 10.1. The van der Waals surface area contributed by atoms with E-state index in [1.807, 2.05) is 22.6 Å². The summed E-state index contributed by atoms with van der Waals surface area (Å²) in [6, 6.07) is 11.6. The summed E-state index contributed by atoms with van der Waals surface area (Å²) < 4.78 is 31.3. The molecule has 0 unspecified atom stereocenters. The molecule has 128 valence electrons. The van der Waals surface area contributed by atoms with Gasteiger partial charge in [-0.05, 0) is 58.5 Å². The summed E-state index contributed by atoms with van der Waals surface area (Å²) in [6.07, 6.45) is 1.06. The van der Waals surface area contributed by atoms with Crippen molar-refractivity contribution >= 4 is 44.3 Å². The van der Waals surface area contributed by atoms with Crippen LogP contribution in [0.4, 0.5) is 5.69 Å². The fraction of sp³-hybridized carbons (Fsp3) is 0.188. The van der Waals surface area contributed by atoms with E-state index in [4.69, 9.17) is 4.74 Å². The van der Waals surface area contributed by atoms with Crippen LogP contribution < -0.4 is 9.04 Å². The lowest BCUT2D eigenvalue weighted by Gasteiger charge is -2.24. The number of carboxylic acids is 1.